The quantitative estimate of drug-likeness (QED) is 0.0502. The van der Waals surface area contributed by atoms with Crippen LogP contribution in [0.25, 0.3) is 11.1 Å². The van der Waals surface area contributed by atoms with Gasteiger partial charge in [-0.05, 0) is 74.4 Å². The third-order valence-electron chi connectivity index (χ3n) is 7.59. The number of ether oxygens (including phenoxy) is 4. The first-order valence-electron chi connectivity index (χ1n) is 16.7. The van der Waals surface area contributed by atoms with E-state index in [1.54, 1.807) is 13.0 Å². The Labute approximate surface area is 269 Å². The van der Waals surface area contributed by atoms with Gasteiger partial charge in [0.1, 0.15) is 5.75 Å². The summed E-state index contributed by atoms with van der Waals surface area (Å²) >= 11 is 0. The Morgan fingerprint density at radius 2 is 1.02 bits per heavy atom. The second kappa shape index (κ2) is 21.8. The zero-order chi connectivity index (χ0) is 32.0. The van der Waals surface area contributed by atoms with Gasteiger partial charge in [0, 0.05) is 11.6 Å². The molecule has 0 aromatic heterocycles. The Morgan fingerprint density at radius 1 is 0.578 bits per heavy atom. The minimum atomic E-state index is -0.281. The lowest BCUT2D eigenvalue weighted by molar-refractivity contribution is -0.139. The van der Waals surface area contributed by atoms with Crippen molar-refractivity contribution in [2.45, 2.75) is 96.8 Å². The first-order valence-corrected chi connectivity index (χ1v) is 16.7. The molecule has 0 bridgehead atoms. The largest absolute Gasteiger partial charge is 0.494 e. The molecule has 0 spiro atoms. The summed E-state index contributed by atoms with van der Waals surface area (Å²) in [5.74, 6) is 0.148. The van der Waals surface area contributed by atoms with Gasteiger partial charge in [0.2, 0.25) is 0 Å². The van der Waals surface area contributed by atoms with Crippen LogP contribution < -0.4 is 4.74 Å². The summed E-state index contributed by atoms with van der Waals surface area (Å²) in [7, 11) is 0. The van der Waals surface area contributed by atoms with E-state index in [2.05, 4.69) is 0 Å². The highest BCUT2D eigenvalue weighted by molar-refractivity contribution is 5.93. The average molecular weight is 619 g/mol. The zero-order valence-electron chi connectivity index (χ0n) is 26.9. The van der Waals surface area contributed by atoms with E-state index in [0.29, 0.717) is 32.0 Å². The van der Waals surface area contributed by atoms with Crippen LogP contribution >= 0.6 is 0 Å². The first-order chi connectivity index (χ1) is 22.1. The van der Waals surface area contributed by atoms with Crippen LogP contribution in [0.4, 0.5) is 0 Å². The summed E-state index contributed by atoms with van der Waals surface area (Å²) in [6, 6.07) is 15.5. The van der Waals surface area contributed by atoms with Crippen LogP contribution in [-0.4, -0.2) is 44.3 Å². The highest BCUT2D eigenvalue weighted by Crippen LogP contribution is 2.24. The van der Waals surface area contributed by atoms with Crippen LogP contribution in [0.1, 0.15) is 107 Å². The molecule has 0 N–H and O–H groups in total. The van der Waals surface area contributed by atoms with Crippen molar-refractivity contribution in [2.24, 2.45) is 0 Å². The van der Waals surface area contributed by atoms with Gasteiger partial charge in [0.25, 0.3) is 0 Å². The number of hydrogen-bond donors (Lipinski definition) is 0. The summed E-state index contributed by atoms with van der Waals surface area (Å²) in [5, 5.41) is 0. The van der Waals surface area contributed by atoms with Crippen LogP contribution in [0.2, 0.25) is 0 Å². The van der Waals surface area contributed by atoms with Crippen LogP contribution in [0.15, 0.2) is 72.3 Å². The Morgan fingerprint density at radius 3 is 1.53 bits per heavy atom. The van der Waals surface area contributed by atoms with E-state index >= 15 is 0 Å². The maximum absolute atomic E-state index is 12.4. The van der Waals surface area contributed by atoms with Gasteiger partial charge in [-0.2, -0.15) is 0 Å². The molecule has 1 aliphatic carbocycles. The predicted molar refractivity (Wildman–Crippen MR) is 177 cm³/mol. The highest BCUT2D eigenvalue weighted by Gasteiger charge is 2.17. The Balaban J connectivity index is 1.17. The third kappa shape index (κ3) is 15.6. The monoisotopic (exact) mass is 618 g/mol. The van der Waals surface area contributed by atoms with Crippen molar-refractivity contribution >= 4 is 17.9 Å². The standard InChI is InChI=1S/C38H50O7/c1-2-16-36(39)43-28-13-11-7-10-12-27-42-35-25-23-32(24-26-35)31-17-19-33(20-18-31)37(40)44-29-14-8-5-3-4-6-9-15-30-45-38(41)34-21-22-34/h2,16-21,23-26H,3-15,22,27-30H2,1H3/b16-2-. The molecule has 2 aromatic rings. The molecule has 0 amide bonds. The molecule has 7 nitrogen and oxygen atoms in total. The molecule has 0 heterocycles. The molecule has 1 aliphatic rings. The van der Waals surface area contributed by atoms with Gasteiger partial charge < -0.3 is 18.9 Å². The second-order valence-corrected chi connectivity index (χ2v) is 11.4. The molecular weight excluding hydrogens is 568 g/mol. The molecule has 0 saturated heterocycles. The molecule has 0 atom stereocenters. The number of carbonyl (C=O) groups excluding carboxylic acids is 3. The summed E-state index contributed by atoms with van der Waals surface area (Å²) in [6.07, 6.45) is 19.5. The maximum Gasteiger partial charge on any atom is 0.338 e. The van der Waals surface area contributed by atoms with Crippen LogP contribution in [0, 0.1) is 0 Å². The van der Waals surface area contributed by atoms with Crippen molar-refractivity contribution in [2.75, 3.05) is 26.4 Å². The molecule has 0 fully saturated rings. The molecule has 0 aliphatic heterocycles. The predicted octanol–water partition coefficient (Wildman–Crippen LogP) is 8.95. The number of carbonyl (C=O) groups is 3. The van der Waals surface area contributed by atoms with Gasteiger partial charge in [-0.1, -0.05) is 94.2 Å². The minimum absolute atomic E-state index is 0.143. The molecule has 0 saturated carbocycles. The van der Waals surface area contributed by atoms with E-state index in [1.165, 1.54) is 18.9 Å². The van der Waals surface area contributed by atoms with Crippen molar-refractivity contribution < 1.29 is 33.3 Å². The zero-order valence-corrected chi connectivity index (χ0v) is 26.9. The first kappa shape index (κ1) is 35.6. The van der Waals surface area contributed by atoms with Crippen LogP contribution in [-0.2, 0) is 23.8 Å². The fraction of sp³-hybridized carbons (Fsp3) is 0.500. The van der Waals surface area contributed by atoms with E-state index in [0.717, 1.165) is 99.5 Å². The Kier molecular flexibility index (Phi) is 17.2. The van der Waals surface area contributed by atoms with Gasteiger partial charge in [-0.15, -0.1) is 0 Å². The highest BCUT2D eigenvalue weighted by atomic mass is 16.5. The van der Waals surface area contributed by atoms with E-state index in [4.69, 9.17) is 18.9 Å². The van der Waals surface area contributed by atoms with Gasteiger partial charge in [0.15, 0.2) is 0 Å². The minimum Gasteiger partial charge on any atom is -0.494 e. The summed E-state index contributed by atoms with van der Waals surface area (Å²) in [4.78, 5) is 35.1. The van der Waals surface area contributed by atoms with E-state index in [9.17, 15) is 14.4 Å². The van der Waals surface area contributed by atoms with Crippen molar-refractivity contribution in [3.05, 3.63) is 77.9 Å². The summed E-state index contributed by atoms with van der Waals surface area (Å²) < 4.78 is 21.6. The normalized spacial score (nSPS) is 12.1. The fourth-order valence-corrected chi connectivity index (χ4v) is 4.81. The number of esters is 3. The number of unbranched alkanes of at least 4 members (excludes halogenated alkanes) is 11. The molecule has 3 rings (SSSR count). The molecular formula is C38H50O7. The van der Waals surface area contributed by atoms with Gasteiger partial charge in [-0.25, -0.2) is 14.4 Å². The van der Waals surface area contributed by atoms with Crippen molar-refractivity contribution in [1.29, 1.82) is 0 Å². The number of rotatable bonds is 24. The number of hydrogen-bond acceptors (Lipinski definition) is 7. The molecule has 45 heavy (non-hydrogen) atoms. The number of benzene rings is 2. The lowest BCUT2D eigenvalue weighted by Gasteiger charge is -2.09. The van der Waals surface area contributed by atoms with Crippen LogP contribution in [0.3, 0.4) is 0 Å². The average Bonchev–Trinajstić information content (AvgIpc) is 3.91. The maximum atomic E-state index is 12.4. The smallest absolute Gasteiger partial charge is 0.338 e. The molecule has 244 valence electrons. The Bertz CT molecular complexity index is 1210. The van der Waals surface area contributed by atoms with Gasteiger partial charge >= 0.3 is 17.9 Å². The lowest BCUT2D eigenvalue weighted by Crippen LogP contribution is -2.06. The molecule has 7 heteroatoms. The van der Waals surface area contributed by atoms with Gasteiger partial charge in [-0.3, -0.25) is 0 Å². The summed E-state index contributed by atoms with van der Waals surface area (Å²) in [5.41, 5.74) is 3.48. The van der Waals surface area contributed by atoms with Crippen molar-refractivity contribution in [3.8, 4) is 16.9 Å². The molecule has 0 unspecified atom stereocenters. The van der Waals surface area contributed by atoms with Gasteiger partial charge in [0.05, 0.1) is 32.0 Å². The van der Waals surface area contributed by atoms with Crippen molar-refractivity contribution in [3.63, 3.8) is 0 Å². The van der Waals surface area contributed by atoms with Crippen LogP contribution in [0.5, 0.6) is 5.75 Å². The lowest BCUT2D eigenvalue weighted by atomic mass is 10.0. The number of allylic oxidation sites excluding steroid dienone is 2. The molecule has 2 aromatic carbocycles. The van der Waals surface area contributed by atoms with E-state index in [1.807, 2.05) is 54.6 Å². The summed E-state index contributed by atoms with van der Waals surface area (Å²) in [6.45, 7) is 3.91. The third-order valence-corrected chi connectivity index (χ3v) is 7.59. The van der Waals surface area contributed by atoms with Crippen molar-refractivity contribution in [1.82, 2.24) is 0 Å². The molecule has 0 radical (unpaired) electrons. The topological polar surface area (TPSA) is 88.1 Å². The SMILES string of the molecule is C/C=C\C(=O)OCCCCCCCOc1ccc(-c2ccc(C(=O)OCCCCCCCCCCOC(=O)C3=CC3)cc2)cc1. The van der Waals surface area contributed by atoms with E-state index in [-0.39, 0.29) is 17.9 Å². The Hall–Kier alpha value is -3.87. The van der Waals surface area contributed by atoms with E-state index < -0.39 is 0 Å². The second-order valence-electron chi connectivity index (χ2n) is 11.4. The fourth-order valence-electron chi connectivity index (χ4n) is 4.81.